The van der Waals surface area contributed by atoms with E-state index < -0.39 is 0 Å². The third-order valence-corrected chi connectivity index (χ3v) is 4.54. The standard InChI is InChI=1S/C20H19ClN2O2/c1-3-23-12-17(19(24)16-6-4-5-7-18(16)23)20(25)22-13(2)14-8-10-15(21)11-9-14/h4-13H,3H2,1-2H3,(H,22,25)/t13-/m0/s1. The number of nitrogens with one attached hydrogen (secondary N) is 1. The van der Waals surface area contributed by atoms with E-state index in [1.165, 1.54) is 0 Å². The molecule has 25 heavy (non-hydrogen) atoms. The van der Waals surface area contributed by atoms with Crippen LogP contribution in [-0.4, -0.2) is 10.5 Å². The van der Waals surface area contributed by atoms with E-state index in [0.717, 1.165) is 11.1 Å². The maximum Gasteiger partial charge on any atom is 0.257 e. The monoisotopic (exact) mass is 354 g/mol. The number of hydrogen-bond donors (Lipinski definition) is 1. The molecule has 0 bridgehead atoms. The summed E-state index contributed by atoms with van der Waals surface area (Å²) in [5.41, 5.74) is 1.66. The first-order chi connectivity index (χ1) is 12.0. The first kappa shape index (κ1) is 17.2. The van der Waals surface area contributed by atoms with Crippen molar-refractivity contribution in [1.82, 2.24) is 9.88 Å². The molecule has 0 aliphatic heterocycles. The quantitative estimate of drug-likeness (QED) is 0.764. The minimum atomic E-state index is -0.375. The Morgan fingerprint density at radius 2 is 1.84 bits per heavy atom. The van der Waals surface area contributed by atoms with Gasteiger partial charge in [-0.25, -0.2) is 0 Å². The smallest absolute Gasteiger partial charge is 0.257 e. The van der Waals surface area contributed by atoms with Crippen LogP contribution in [0, 0.1) is 0 Å². The second-order valence-electron chi connectivity index (χ2n) is 5.92. The molecule has 0 saturated carbocycles. The van der Waals surface area contributed by atoms with Gasteiger partial charge in [0.1, 0.15) is 5.56 Å². The van der Waals surface area contributed by atoms with Crippen molar-refractivity contribution in [2.24, 2.45) is 0 Å². The molecule has 3 rings (SSSR count). The zero-order valence-electron chi connectivity index (χ0n) is 14.1. The van der Waals surface area contributed by atoms with Crippen molar-refractivity contribution >= 4 is 28.4 Å². The van der Waals surface area contributed by atoms with Gasteiger partial charge < -0.3 is 9.88 Å². The number of carbonyl (C=O) groups is 1. The maximum absolute atomic E-state index is 12.7. The normalized spacial score (nSPS) is 12.1. The van der Waals surface area contributed by atoms with Crippen molar-refractivity contribution in [2.75, 3.05) is 0 Å². The molecule has 1 amide bonds. The lowest BCUT2D eigenvalue weighted by Crippen LogP contribution is -2.31. The van der Waals surface area contributed by atoms with Crippen LogP contribution in [0.2, 0.25) is 5.02 Å². The fourth-order valence-corrected chi connectivity index (χ4v) is 3.00. The highest BCUT2D eigenvalue weighted by Crippen LogP contribution is 2.17. The van der Waals surface area contributed by atoms with E-state index in [0.29, 0.717) is 17.0 Å². The van der Waals surface area contributed by atoms with Gasteiger partial charge in [0.15, 0.2) is 0 Å². The van der Waals surface area contributed by atoms with Crippen LogP contribution < -0.4 is 10.7 Å². The molecule has 0 fully saturated rings. The van der Waals surface area contributed by atoms with Crippen LogP contribution in [0.4, 0.5) is 0 Å². The largest absolute Gasteiger partial charge is 0.347 e. The summed E-state index contributed by atoms with van der Waals surface area (Å²) in [6, 6.07) is 14.4. The summed E-state index contributed by atoms with van der Waals surface area (Å²) in [4.78, 5) is 25.4. The highest BCUT2D eigenvalue weighted by molar-refractivity contribution is 6.30. The van der Waals surface area contributed by atoms with Gasteiger partial charge in [-0.15, -0.1) is 0 Å². The number of pyridine rings is 1. The molecule has 1 aromatic heterocycles. The molecule has 0 aliphatic carbocycles. The second kappa shape index (κ2) is 7.11. The van der Waals surface area contributed by atoms with Crippen molar-refractivity contribution < 1.29 is 4.79 Å². The Morgan fingerprint density at radius 1 is 1.16 bits per heavy atom. The third-order valence-electron chi connectivity index (χ3n) is 4.29. The van der Waals surface area contributed by atoms with Crippen molar-refractivity contribution in [1.29, 1.82) is 0 Å². The van der Waals surface area contributed by atoms with Gasteiger partial charge in [0.2, 0.25) is 5.43 Å². The summed E-state index contributed by atoms with van der Waals surface area (Å²) >= 11 is 5.90. The number of aryl methyl sites for hydroxylation is 1. The van der Waals surface area contributed by atoms with Crippen LogP contribution in [0.3, 0.4) is 0 Å². The molecule has 1 heterocycles. The van der Waals surface area contributed by atoms with Crippen molar-refractivity contribution in [2.45, 2.75) is 26.4 Å². The van der Waals surface area contributed by atoms with Crippen LogP contribution >= 0.6 is 11.6 Å². The Bertz CT molecular complexity index is 977. The first-order valence-electron chi connectivity index (χ1n) is 8.19. The summed E-state index contributed by atoms with van der Waals surface area (Å²) in [5.74, 6) is -0.375. The van der Waals surface area contributed by atoms with E-state index in [1.54, 1.807) is 24.4 Å². The topological polar surface area (TPSA) is 51.1 Å². The molecule has 2 aromatic carbocycles. The molecule has 0 saturated heterocycles. The highest BCUT2D eigenvalue weighted by atomic mass is 35.5. The Labute approximate surface area is 151 Å². The zero-order valence-corrected chi connectivity index (χ0v) is 14.9. The number of para-hydroxylation sites is 1. The molecule has 4 nitrogen and oxygen atoms in total. The van der Waals surface area contributed by atoms with E-state index in [2.05, 4.69) is 5.32 Å². The second-order valence-corrected chi connectivity index (χ2v) is 6.36. The third kappa shape index (κ3) is 3.44. The number of nitrogens with zero attached hydrogens (tertiary/aromatic N) is 1. The van der Waals surface area contributed by atoms with Gasteiger partial charge in [0.25, 0.3) is 5.91 Å². The SMILES string of the molecule is CCn1cc(C(=O)N[C@@H](C)c2ccc(Cl)cc2)c(=O)c2ccccc21. The predicted molar refractivity (Wildman–Crippen MR) is 101 cm³/mol. The van der Waals surface area contributed by atoms with Gasteiger partial charge >= 0.3 is 0 Å². The molecule has 0 aliphatic rings. The Balaban J connectivity index is 1.95. The molecule has 0 radical (unpaired) electrons. The Kier molecular flexibility index (Phi) is 4.91. The zero-order chi connectivity index (χ0) is 18.0. The summed E-state index contributed by atoms with van der Waals surface area (Å²) in [6.07, 6.45) is 1.63. The maximum atomic E-state index is 12.7. The number of benzene rings is 2. The lowest BCUT2D eigenvalue weighted by molar-refractivity contribution is 0.0938. The van der Waals surface area contributed by atoms with E-state index in [9.17, 15) is 9.59 Å². The molecule has 1 atom stereocenters. The fraction of sp³-hybridized carbons (Fsp3) is 0.200. The average molecular weight is 355 g/mol. The van der Waals surface area contributed by atoms with E-state index in [-0.39, 0.29) is 22.9 Å². The summed E-state index contributed by atoms with van der Waals surface area (Å²) in [5, 5.41) is 4.09. The number of carbonyl (C=O) groups excluding carboxylic acids is 1. The first-order valence-corrected chi connectivity index (χ1v) is 8.57. The van der Waals surface area contributed by atoms with E-state index in [4.69, 9.17) is 11.6 Å². The molecule has 1 N–H and O–H groups in total. The average Bonchev–Trinajstić information content (AvgIpc) is 2.62. The van der Waals surface area contributed by atoms with E-state index >= 15 is 0 Å². The van der Waals surface area contributed by atoms with Gasteiger partial charge in [-0.2, -0.15) is 0 Å². The number of rotatable bonds is 4. The van der Waals surface area contributed by atoms with Gasteiger partial charge in [0, 0.05) is 23.2 Å². The summed E-state index contributed by atoms with van der Waals surface area (Å²) < 4.78 is 1.92. The summed E-state index contributed by atoms with van der Waals surface area (Å²) in [7, 11) is 0. The van der Waals surface area contributed by atoms with Crippen molar-refractivity contribution in [3.8, 4) is 0 Å². The van der Waals surface area contributed by atoms with Crippen LogP contribution in [0.1, 0.15) is 35.8 Å². The Hall–Kier alpha value is -2.59. The molecule has 128 valence electrons. The van der Waals surface area contributed by atoms with Crippen molar-refractivity contribution in [3.05, 3.63) is 81.1 Å². The highest BCUT2D eigenvalue weighted by Gasteiger charge is 2.17. The van der Waals surface area contributed by atoms with Crippen LogP contribution in [0.15, 0.2) is 59.5 Å². The molecule has 0 spiro atoms. The fourth-order valence-electron chi connectivity index (χ4n) is 2.88. The summed E-state index contributed by atoms with van der Waals surface area (Å²) in [6.45, 7) is 4.53. The van der Waals surface area contributed by atoms with Gasteiger partial charge in [0.05, 0.1) is 11.6 Å². The predicted octanol–water partition coefficient (Wildman–Crippen LogP) is 4.17. The van der Waals surface area contributed by atoms with Crippen LogP contribution in [0.25, 0.3) is 10.9 Å². The number of amides is 1. The van der Waals surface area contributed by atoms with Crippen LogP contribution in [-0.2, 0) is 6.54 Å². The van der Waals surface area contributed by atoms with E-state index in [1.807, 2.05) is 48.7 Å². The number of halogens is 1. The number of hydrogen-bond acceptors (Lipinski definition) is 2. The lowest BCUT2D eigenvalue weighted by atomic mass is 10.1. The molecular weight excluding hydrogens is 336 g/mol. The minimum absolute atomic E-state index is 0.154. The van der Waals surface area contributed by atoms with Crippen molar-refractivity contribution in [3.63, 3.8) is 0 Å². The molecule has 0 unspecified atom stereocenters. The molecular formula is C20H19ClN2O2. The van der Waals surface area contributed by atoms with Gasteiger partial charge in [-0.1, -0.05) is 35.9 Å². The lowest BCUT2D eigenvalue weighted by Gasteiger charge is -2.16. The molecule has 5 heteroatoms. The number of aromatic nitrogens is 1. The molecule has 3 aromatic rings. The van der Waals surface area contributed by atoms with Gasteiger partial charge in [-0.05, 0) is 43.7 Å². The minimum Gasteiger partial charge on any atom is -0.347 e. The van der Waals surface area contributed by atoms with Gasteiger partial charge in [-0.3, -0.25) is 9.59 Å². The van der Waals surface area contributed by atoms with Crippen LogP contribution in [0.5, 0.6) is 0 Å². The Morgan fingerprint density at radius 3 is 2.52 bits per heavy atom. The number of fused-ring (bicyclic) bond motifs is 1.